The summed E-state index contributed by atoms with van der Waals surface area (Å²) in [6.07, 6.45) is 5.55. The summed E-state index contributed by atoms with van der Waals surface area (Å²) in [5.74, 6) is 1.06. The molecule has 2 fully saturated rings. The van der Waals surface area contributed by atoms with Crippen LogP contribution >= 0.6 is 0 Å². The van der Waals surface area contributed by atoms with E-state index in [0.29, 0.717) is 24.8 Å². The average molecular weight is 338 g/mol. The van der Waals surface area contributed by atoms with E-state index in [1.807, 2.05) is 0 Å². The maximum atomic E-state index is 12.4. The van der Waals surface area contributed by atoms with Crippen LogP contribution in [0.1, 0.15) is 25.7 Å². The number of carbonyl (C=O) groups excluding carboxylic acids is 1. The zero-order chi connectivity index (χ0) is 16.3. The highest BCUT2D eigenvalue weighted by atomic mass is 32.2. The lowest BCUT2D eigenvalue weighted by Crippen LogP contribution is -2.31. The molecule has 0 spiro atoms. The van der Waals surface area contributed by atoms with Crippen LogP contribution in [0.4, 0.5) is 5.82 Å². The molecule has 2 N–H and O–H groups in total. The van der Waals surface area contributed by atoms with Gasteiger partial charge in [-0.15, -0.1) is 0 Å². The van der Waals surface area contributed by atoms with Gasteiger partial charge in [0.15, 0.2) is 0 Å². The van der Waals surface area contributed by atoms with Gasteiger partial charge in [-0.1, -0.05) is 0 Å². The van der Waals surface area contributed by atoms with Crippen LogP contribution in [-0.2, 0) is 14.8 Å². The number of carbonyl (C=O) groups is 1. The second kappa shape index (κ2) is 6.84. The van der Waals surface area contributed by atoms with E-state index < -0.39 is 10.0 Å². The third-order valence-corrected chi connectivity index (χ3v) is 6.04. The summed E-state index contributed by atoms with van der Waals surface area (Å²) < 4.78 is 26.2. The van der Waals surface area contributed by atoms with E-state index in [9.17, 15) is 13.2 Å². The van der Waals surface area contributed by atoms with Gasteiger partial charge in [0.1, 0.15) is 10.7 Å². The molecular weight excluding hydrogens is 316 g/mol. The molecule has 0 atom stereocenters. The third kappa shape index (κ3) is 4.20. The minimum absolute atomic E-state index is 0.0764. The van der Waals surface area contributed by atoms with Crippen molar-refractivity contribution in [3.8, 4) is 0 Å². The summed E-state index contributed by atoms with van der Waals surface area (Å²) in [6, 6.07) is 3.13. The Morgan fingerprint density at radius 2 is 2.00 bits per heavy atom. The Labute approximate surface area is 136 Å². The molecule has 1 aromatic rings. The summed E-state index contributed by atoms with van der Waals surface area (Å²) in [5.41, 5.74) is 0. The van der Waals surface area contributed by atoms with Crippen LogP contribution in [0.3, 0.4) is 0 Å². The van der Waals surface area contributed by atoms with Crippen molar-refractivity contribution in [3.63, 3.8) is 0 Å². The summed E-state index contributed by atoms with van der Waals surface area (Å²) >= 11 is 0. The molecular formula is C15H22N4O3S. The fourth-order valence-corrected chi connectivity index (χ4v) is 3.99. The molecule has 3 rings (SSSR count). The van der Waals surface area contributed by atoms with Gasteiger partial charge in [-0.3, -0.25) is 4.79 Å². The Hall–Kier alpha value is -1.67. The van der Waals surface area contributed by atoms with Crippen molar-refractivity contribution in [2.75, 3.05) is 31.5 Å². The SMILES string of the molecule is O=C(CNc1ccc(S(=O)(=O)N2CCCC2)cn1)NCC1CC1. The molecule has 1 aliphatic heterocycles. The lowest BCUT2D eigenvalue weighted by Gasteiger charge is -2.15. The number of anilines is 1. The first-order chi connectivity index (χ1) is 11.1. The summed E-state index contributed by atoms with van der Waals surface area (Å²) in [7, 11) is -3.43. The smallest absolute Gasteiger partial charge is 0.244 e. The number of aromatic nitrogens is 1. The zero-order valence-electron chi connectivity index (χ0n) is 13.0. The number of nitrogens with zero attached hydrogens (tertiary/aromatic N) is 2. The van der Waals surface area contributed by atoms with Gasteiger partial charge in [0.05, 0.1) is 6.54 Å². The number of pyridine rings is 1. The predicted molar refractivity (Wildman–Crippen MR) is 86.5 cm³/mol. The quantitative estimate of drug-likeness (QED) is 0.767. The first-order valence-corrected chi connectivity index (χ1v) is 9.46. The Bertz CT molecular complexity index is 650. The number of hydrogen-bond acceptors (Lipinski definition) is 5. The van der Waals surface area contributed by atoms with Crippen molar-refractivity contribution in [1.29, 1.82) is 0 Å². The lowest BCUT2D eigenvalue weighted by molar-refractivity contribution is -0.119. The first-order valence-electron chi connectivity index (χ1n) is 8.02. The van der Waals surface area contributed by atoms with Gasteiger partial charge in [-0.05, 0) is 43.7 Å². The maximum absolute atomic E-state index is 12.4. The highest BCUT2D eigenvalue weighted by molar-refractivity contribution is 7.89. The van der Waals surface area contributed by atoms with E-state index in [2.05, 4.69) is 15.6 Å². The van der Waals surface area contributed by atoms with Crippen LogP contribution in [0.5, 0.6) is 0 Å². The molecule has 23 heavy (non-hydrogen) atoms. The van der Waals surface area contributed by atoms with Crippen LogP contribution in [0, 0.1) is 5.92 Å². The zero-order valence-corrected chi connectivity index (χ0v) is 13.8. The van der Waals surface area contributed by atoms with Gasteiger partial charge in [0, 0.05) is 25.8 Å². The molecule has 0 aromatic carbocycles. The molecule has 1 amide bonds. The summed E-state index contributed by atoms with van der Waals surface area (Å²) in [4.78, 5) is 15.9. The third-order valence-electron chi connectivity index (χ3n) is 4.15. The molecule has 0 bridgehead atoms. The molecule has 1 saturated carbocycles. The minimum Gasteiger partial charge on any atom is -0.361 e. The Morgan fingerprint density at radius 3 is 2.61 bits per heavy atom. The van der Waals surface area contributed by atoms with Gasteiger partial charge < -0.3 is 10.6 Å². The largest absolute Gasteiger partial charge is 0.361 e. The molecule has 0 unspecified atom stereocenters. The summed E-state index contributed by atoms with van der Waals surface area (Å²) in [6.45, 7) is 2.02. The van der Waals surface area contributed by atoms with E-state index in [1.165, 1.54) is 29.4 Å². The van der Waals surface area contributed by atoms with Gasteiger partial charge in [0.2, 0.25) is 15.9 Å². The normalized spacial score (nSPS) is 18.8. The van der Waals surface area contributed by atoms with Crippen molar-refractivity contribution < 1.29 is 13.2 Å². The minimum atomic E-state index is -3.43. The second-order valence-corrected chi connectivity index (χ2v) is 8.03. The average Bonchev–Trinajstić information content (AvgIpc) is 3.21. The van der Waals surface area contributed by atoms with E-state index >= 15 is 0 Å². The van der Waals surface area contributed by atoms with E-state index in [-0.39, 0.29) is 17.3 Å². The van der Waals surface area contributed by atoms with Crippen molar-refractivity contribution in [2.45, 2.75) is 30.6 Å². The van der Waals surface area contributed by atoms with Gasteiger partial charge in [-0.25, -0.2) is 13.4 Å². The Kier molecular flexibility index (Phi) is 4.82. The van der Waals surface area contributed by atoms with Crippen LogP contribution < -0.4 is 10.6 Å². The fourth-order valence-electron chi connectivity index (χ4n) is 2.53. The molecule has 126 valence electrons. The lowest BCUT2D eigenvalue weighted by atomic mass is 10.4. The highest BCUT2D eigenvalue weighted by Crippen LogP contribution is 2.27. The van der Waals surface area contributed by atoms with Gasteiger partial charge >= 0.3 is 0 Å². The van der Waals surface area contributed by atoms with Crippen molar-refractivity contribution in [3.05, 3.63) is 18.3 Å². The maximum Gasteiger partial charge on any atom is 0.244 e. The number of rotatable bonds is 7. The molecule has 0 radical (unpaired) electrons. The molecule has 7 nitrogen and oxygen atoms in total. The topological polar surface area (TPSA) is 91.4 Å². The second-order valence-electron chi connectivity index (χ2n) is 6.09. The Morgan fingerprint density at radius 1 is 1.26 bits per heavy atom. The van der Waals surface area contributed by atoms with Crippen LogP contribution in [0.25, 0.3) is 0 Å². The van der Waals surface area contributed by atoms with E-state index in [0.717, 1.165) is 19.4 Å². The molecule has 1 aliphatic carbocycles. The van der Waals surface area contributed by atoms with Crippen molar-refractivity contribution in [1.82, 2.24) is 14.6 Å². The number of sulfonamides is 1. The molecule has 8 heteroatoms. The first kappa shape index (κ1) is 16.2. The number of hydrogen-bond donors (Lipinski definition) is 2. The van der Waals surface area contributed by atoms with Crippen LogP contribution in [0.15, 0.2) is 23.2 Å². The van der Waals surface area contributed by atoms with Gasteiger partial charge in [0.25, 0.3) is 0 Å². The van der Waals surface area contributed by atoms with Gasteiger partial charge in [-0.2, -0.15) is 4.31 Å². The highest BCUT2D eigenvalue weighted by Gasteiger charge is 2.27. The molecule has 1 saturated heterocycles. The summed E-state index contributed by atoms with van der Waals surface area (Å²) in [5, 5.41) is 5.76. The standard InChI is InChI=1S/C15H22N4O3S/c20-15(18-9-12-3-4-12)11-17-14-6-5-13(10-16-14)23(21,22)19-7-1-2-8-19/h5-6,10,12H,1-4,7-9,11H2,(H,16,17)(H,18,20). The monoisotopic (exact) mass is 338 g/mol. The van der Waals surface area contributed by atoms with E-state index in [1.54, 1.807) is 6.07 Å². The van der Waals surface area contributed by atoms with Crippen LogP contribution in [-0.4, -0.2) is 49.8 Å². The molecule has 1 aromatic heterocycles. The van der Waals surface area contributed by atoms with Crippen LogP contribution in [0.2, 0.25) is 0 Å². The number of nitrogens with one attached hydrogen (secondary N) is 2. The fraction of sp³-hybridized carbons (Fsp3) is 0.600. The molecule has 2 aliphatic rings. The Balaban J connectivity index is 1.53. The number of amides is 1. The van der Waals surface area contributed by atoms with E-state index in [4.69, 9.17) is 0 Å². The predicted octanol–water partition coefficient (Wildman–Crippen LogP) is 0.804. The van der Waals surface area contributed by atoms with Crippen molar-refractivity contribution in [2.24, 2.45) is 5.92 Å². The molecule has 2 heterocycles. The van der Waals surface area contributed by atoms with Crippen molar-refractivity contribution >= 4 is 21.7 Å².